The molecule has 7 heteroatoms. The van der Waals surface area contributed by atoms with Crippen LogP contribution in [0.25, 0.3) is 6.08 Å². The molecule has 2 aliphatic heterocycles. The molecule has 2 amide bonds. The minimum Gasteiger partial charge on any atom is -0.495 e. The first-order valence-corrected chi connectivity index (χ1v) is 12.8. The van der Waals surface area contributed by atoms with Crippen molar-refractivity contribution in [2.75, 3.05) is 50.1 Å². The van der Waals surface area contributed by atoms with Gasteiger partial charge in [-0.2, -0.15) is 0 Å². The fourth-order valence-electron chi connectivity index (χ4n) is 4.66. The molecular weight excluding hydrogens is 470 g/mol. The zero-order valence-electron chi connectivity index (χ0n) is 20.7. The van der Waals surface area contributed by atoms with Gasteiger partial charge in [0.15, 0.2) is 0 Å². The van der Waals surface area contributed by atoms with Crippen LogP contribution in [0.2, 0.25) is 0 Å². The second-order valence-electron chi connectivity index (χ2n) is 9.02. The number of piperazine rings is 1. The molecule has 0 bridgehead atoms. The number of carbonyl (C=O) groups excluding carboxylic acids is 2. The molecule has 0 aromatic heterocycles. The van der Waals surface area contributed by atoms with E-state index in [1.165, 1.54) is 11.8 Å². The number of hydrogen-bond donors (Lipinski definition) is 0. The molecule has 0 atom stereocenters. The van der Waals surface area contributed by atoms with Crippen molar-refractivity contribution in [3.05, 3.63) is 88.3 Å². The molecule has 2 aliphatic rings. The zero-order valence-corrected chi connectivity index (χ0v) is 21.5. The van der Waals surface area contributed by atoms with Gasteiger partial charge in [-0.3, -0.25) is 9.59 Å². The van der Waals surface area contributed by atoms with Gasteiger partial charge < -0.3 is 19.4 Å². The van der Waals surface area contributed by atoms with Crippen LogP contribution in [-0.2, 0) is 4.79 Å². The van der Waals surface area contributed by atoms with Crippen LogP contribution in [-0.4, -0.2) is 57.1 Å². The third-order valence-corrected chi connectivity index (χ3v) is 7.71. The number of aryl methyl sites for hydroxylation is 1. The number of para-hydroxylation sites is 2. The minimum absolute atomic E-state index is 0.00979. The van der Waals surface area contributed by atoms with Crippen molar-refractivity contribution in [1.82, 2.24) is 4.90 Å². The minimum atomic E-state index is -0.0657. The van der Waals surface area contributed by atoms with Gasteiger partial charge in [0.05, 0.1) is 23.4 Å². The lowest BCUT2D eigenvalue weighted by atomic mass is 10.1. The van der Waals surface area contributed by atoms with Crippen LogP contribution in [0.4, 0.5) is 11.4 Å². The summed E-state index contributed by atoms with van der Waals surface area (Å²) in [6.07, 6.45) is 1.93. The van der Waals surface area contributed by atoms with Gasteiger partial charge in [0.1, 0.15) is 5.75 Å². The SMILES string of the molecule is COc1ccccc1N1CCN(C(=O)c2ccc3c(c2)N(C)C(=O)/C(=C/c2cccc(C)c2)S3)CC1. The molecule has 1 fully saturated rings. The fourth-order valence-corrected chi connectivity index (χ4v) is 5.75. The lowest BCUT2D eigenvalue weighted by Gasteiger charge is -2.37. The Morgan fingerprint density at radius 3 is 2.47 bits per heavy atom. The van der Waals surface area contributed by atoms with Crippen LogP contribution in [0.3, 0.4) is 0 Å². The Morgan fingerprint density at radius 2 is 1.72 bits per heavy atom. The summed E-state index contributed by atoms with van der Waals surface area (Å²) in [6.45, 7) is 4.76. The number of nitrogens with zero attached hydrogens (tertiary/aromatic N) is 3. The van der Waals surface area contributed by atoms with E-state index in [2.05, 4.69) is 11.0 Å². The van der Waals surface area contributed by atoms with Gasteiger partial charge in [0.2, 0.25) is 0 Å². The summed E-state index contributed by atoms with van der Waals surface area (Å²) in [5.41, 5.74) is 4.57. The number of rotatable bonds is 4. The summed E-state index contributed by atoms with van der Waals surface area (Å²) in [7, 11) is 3.45. The molecule has 0 spiro atoms. The zero-order chi connectivity index (χ0) is 25.2. The van der Waals surface area contributed by atoms with Gasteiger partial charge in [-0.25, -0.2) is 0 Å². The normalized spacial score (nSPS) is 16.8. The topological polar surface area (TPSA) is 53.1 Å². The summed E-state index contributed by atoms with van der Waals surface area (Å²) in [6, 6.07) is 21.7. The highest BCUT2D eigenvalue weighted by molar-refractivity contribution is 8.04. The molecule has 1 saturated heterocycles. The Bertz CT molecular complexity index is 1350. The quantitative estimate of drug-likeness (QED) is 0.469. The maximum Gasteiger partial charge on any atom is 0.264 e. The van der Waals surface area contributed by atoms with Crippen LogP contribution in [0.5, 0.6) is 5.75 Å². The van der Waals surface area contributed by atoms with Crippen molar-refractivity contribution >= 4 is 41.0 Å². The number of amides is 2. The van der Waals surface area contributed by atoms with E-state index in [4.69, 9.17) is 4.74 Å². The molecule has 5 rings (SSSR count). The molecule has 184 valence electrons. The highest BCUT2D eigenvalue weighted by Crippen LogP contribution is 2.42. The largest absolute Gasteiger partial charge is 0.495 e. The van der Waals surface area contributed by atoms with Crippen LogP contribution >= 0.6 is 11.8 Å². The number of anilines is 2. The van der Waals surface area contributed by atoms with Gasteiger partial charge in [0.25, 0.3) is 11.8 Å². The van der Waals surface area contributed by atoms with E-state index in [1.807, 2.05) is 78.6 Å². The summed E-state index contributed by atoms with van der Waals surface area (Å²) in [5.74, 6) is 0.765. The van der Waals surface area contributed by atoms with Crippen molar-refractivity contribution < 1.29 is 14.3 Å². The van der Waals surface area contributed by atoms with Gasteiger partial charge in [-0.1, -0.05) is 53.7 Å². The average molecular weight is 500 g/mol. The molecule has 3 aromatic rings. The first-order chi connectivity index (χ1) is 17.4. The number of benzene rings is 3. The number of methoxy groups -OCH3 is 1. The van der Waals surface area contributed by atoms with E-state index in [1.54, 1.807) is 19.1 Å². The molecule has 0 unspecified atom stereocenters. The Hall–Kier alpha value is -3.71. The number of likely N-dealkylation sites (N-methyl/N-ethyl adjacent to an activating group) is 1. The van der Waals surface area contributed by atoms with Crippen LogP contribution in [0, 0.1) is 6.92 Å². The van der Waals surface area contributed by atoms with Crippen molar-refractivity contribution in [3.63, 3.8) is 0 Å². The van der Waals surface area contributed by atoms with E-state index < -0.39 is 0 Å². The number of thioether (sulfide) groups is 1. The summed E-state index contributed by atoms with van der Waals surface area (Å²) in [5, 5.41) is 0. The standard InChI is InChI=1S/C29H29N3O3S/c1-20-7-6-8-21(17-20)18-27-29(34)30(2)24-19-22(11-12-26(24)36-27)28(33)32-15-13-31(14-16-32)23-9-4-5-10-25(23)35-3/h4-12,17-19H,13-16H2,1-3H3/b27-18-. The lowest BCUT2D eigenvalue weighted by molar-refractivity contribution is -0.114. The van der Waals surface area contributed by atoms with Crippen LogP contribution < -0.4 is 14.5 Å². The van der Waals surface area contributed by atoms with Gasteiger partial charge in [-0.15, -0.1) is 0 Å². The van der Waals surface area contributed by atoms with E-state index in [-0.39, 0.29) is 11.8 Å². The second-order valence-corrected chi connectivity index (χ2v) is 10.1. The highest BCUT2D eigenvalue weighted by atomic mass is 32.2. The van der Waals surface area contributed by atoms with E-state index in [0.717, 1.165) is 46.2 Å². The first-order valence-electron chi connectivity index (χ1n) is 12.0. The highest BCUT2D eigenvalue weighted by Gasteiger charge is 2.29. The molecule has 2 heterocycles. The predicted molar refractivity (Wildman–Crippen MR) is 146 cm³/mol. The number of fused-ring (bicyclic) bond motifs is 1. The third kappa shape index (κ3) is 4.71. The molecule has 0 aliphatic carbocycles. The van der Waals surface area contributed by atoms with E-state index >= 15 is 0 Å². The monoisotopic (exact) mass is 499 g/mol. The fraction of sp³-hybridized carbons (Fsp3) is 0.241. The van der Waals surface area contributed by atoms with Crippen molar-refractivity contribution in [2.24, 2.45) is 0 Å². The maximum absolute atomic E-state index is 13.3. The number of hydrogen-bond acceptors (Lipinski definition) is 5. The maximum atomic E-state index is 13.3. The van der Waals surface area contributed by atoms with Gasteiger partial charge >= 0.3 is 0 Å². The summed E-state index contributed by atoms with van der Waals surface area (Å²) >= 11 is 1.45. The Labute approximate surface area is 216 Å². The number of ether oxygens (including phenoxy) is 1. The smallest absolute Gasteiger partial charge is 0.264 e. The second kappa shape index (κ2) is 10.1. The van der Waals surface area contributed by atoms with Gasteiger partial charge in [-0.05, 0) is 48.9 Å². The summed E-state index contributed by atoms with van der Waals surface area (Å²) < 4.78 is 5.50. The average Bonchev–Trinajstić information content (AvgIpc) is 2.91. The van der Waals surface area contributed by atoms with Crippen LogP contribution in [0.15, 0.2) is 76.5 Å². The Kier molecular flexibility index (Phi) is 6.74. The molecule has 6 nitrogen and oxygen atoms in total. The van der Waals surface area contributed by atoms with Crippen LogP contribution in [0.1, 0.15) is 21.5 Å². The summed E-state index contributed by atoms with van der Waals surface area (Å²) in [4.78, 5) is 33.9. The number of carbonyl (C=O) groups is 2. The molecule has 3 aromatic carbocycles. The third-order valence-electron chi connectivity index (χ3n) is 6.64. The van der Waals surface area contributed by atoms with Crippen molar-refractivity contribution in [2.45, 2.75) is 11.8 Å². The van der Waals surface area contributed by atoms with E-state index in [9.17, 15) is 9.59 Å². The molecule has 0 radical (unpaired) electrons. The van der Waals surface area contributed by atoms with Gasteiger partial charge in [0, 0.05) is 43.7 Å². The van der Waals surface area contributed by atoms with Crippen molar-refractivity contribution in [3.8, 4) is 5.75 Å². The Balaban J connectivity index is 1.31. The Morgan fingerprint density at radius 1 is 0.944 bits per heavy atom. The van der Waals surface area contributed by atoms with Crippen molar-refractivity contribution in [1.29, 1.82) is 0 Å². The first kappa shape index (κ1) is 24.0. The lowest BCUT2D eigenvalue weighted by Crippen LogP contribution is -2.49. The molecule has 0 N–H and O–H groups in total. The molecule has 36 heavy (non-hydrogen) atoms. The van der Waals surface area contributed by atoms with E-state index in [0.29, 0.717) is 23.6 Å². The molecular formula is C29H29N3O3S. The molecule has 0 saturated carbocycles. The predicted octanol–water partition coefficient (Wildman–Crippen LogP) is 5.08.